The van der Waals surface area contributed by atoms with E-state index in [0.717, 1.165) is 0 Å². The summed E-state index contributed by atoms with van der Waals surface area (Å²) >= 11 is 0. The number of carbonyl (C=O) groups excluding carboxylic acids is 2. The summed E-state index contributed by atoms with van der Waals surface area (Å²) in [5, 5.41) is 13.3. The van der Waals surface area contributed by atoms with Crippen LogP contribution in [0.2, 0.25) is 0 Å². The number of amides is 1. The van der Waals surface area contributed by atoms with Gasteiger partial charge in [-0.05, 0) is 41.6 Å². The number of rotatable bonds is 5. The Bertz CT molecular complexity index is 868. The van der Waals surface area contributed by atoms with Crippen LogP contribution in [0.3, 0.4) is 0 Å². The minimum atomic E-state index is -1.02. The standard InChI is InChI=1S/C15H13N7O3/c1-10(13(23)19-15-16-6-3-7-17-15)25-14(24)11-4-2-5-12(8-11)22-9-18-20-21-22/h2-10H,1H3,(H,16,17,19,23). The van der Waals surface area contributed by atoms with Gasteiger partial charge >= 0.3 is 5.97 Å². The number of tetrazole rings is 1. The molecule has 0 spiro atoms. The minimum absolute atomic E-state index is 0.135. The number of ether oxygens (including phenoxy) is 1. The molecule has 1 N–H and O–H groups in total. The van der Waals surface area contributed by atoms with Crippen LogP contribution in [0, 0.1) is 0 Å². The van der Waals surface area contributed by atoms with Gasteiger partial charge in [-0.3, -0.25) is 10.1 Å². The van der Waals surface area contributed by atoms with Gasteiger partial charge in [-0.25, -0.2) is 19.4 Å². The number of aromatic nitrogens is 6. The lowest BCUT2D eigenvalue weighted by atomic mass is 10.2. The average molecular weight is 339 g/mol. The summed E-state index contributed by atoms with van der Waals surface area (Å²) in [7, 11) is 0. The molecule has 10 nitrogen and oxygen atoms in total. The van der Waals surface area contributed by atoms with Crippen LogP contribution in [-0.2, 0) is 9.53 Å². The lowest BCUT2D eigenvalue weighted by Crippen LogP contribution is -2.30. The first-order valence-electron chi connectivity index (χ1n) is 7.26. The first-order chi connectivity index (χ1) is 12.1. The third-order valence-electron chi connectivity index (χ3n) is 3.15. The molecule has 0 bridgehead atoms. The monoisotopic (exact) mass is 339 g/mol. The van der Waals surface area contributed by atoms with Gasteiger partial charge < -0.3 is 4.74 Å². The smallest absolute Gasteiger partial charge is 0.338 e. The first-order valence-corrected chi connectivity index (χ1v) is 7.26. The van der Waals surface area contributed by atoms with Crippen molar-refractivity contribution >= 4 is 17.8 Å². The summed E-state index contributed by atoms with van der Waals surface area (Å²) in [6.45, 7) is 1.46. The van der Waals surface area contributed by atoms with Crippen LogP contribution in [-0.4, -0.2) is 48.2 Å². The van der Waals surface area contributed by atoms with E-state index in [2.05, 4.69) is 30.8 Å². The molecular formula is C15H13N7O3. The van der Waals surface area contributed by atoms with E-state index in [1.807, 2.05) is 0 Å². The fourth-order valence-corrected chi connectivity index (χ4v) is 1.91. The van der Waals surface area contributed by atoms with Gasteiger partial charge in [0.05, 0.1) is 11.3 Å². The van der Waals surface area contributed by atoms with Crippen LogP contribution in [0.15, 0.2) is 49.1 Å². The lowest BCUT2D eigenvalue weighted by Gasteiger charge is -2.13. The highest BCUT2D eigenvalue weighted by atomic mass is 16.5. The van der Waals surface area contributed by atoms with E-state index in [1.165, 1.54) is 30.3 Å². The Morgan fingerprint density at radius 1 is 1.20 bits per heavy atom. The molecular weight excluding hydrogens is 326 g/mol. The molecule has 3 aromatic rings. The van der Waals surface area contributed by atoms with Crippen molar-refractivity contribution in [1.29, 1.82) is 0 Å². The number of carbonyl (C=O) groups is 2. The molecule has 1 unspecified atom stereocenters. The van der Waals surface area contributed by atoms with Gasteiger partial charge in [0.2, 0.25) is 5.95 Å². The highest BCUT2D eigenvalue weighted by Crippen LogP contribution is 2.11. The van der Waals surface area contributed by atoms with Gasteiger partial charge in [0.1, 0.15) is 6.33 Å². The summed E-state index contributed by atoms with van der Waals surface area (Å²) in [6.07, 6.45) is 3.36. The summed E-state index contributed by atoms with van der Waals surface area (Å²) < 4.78 is 6.58. The Kier molecular flexibility index (Phi) is 4.69. The number of nitrogens with one attached hydrogen (secondary N) is 1. The molecule has 0 aliphatic heterocycles. The molecule has 2 aromatic heterocycles. The van der Waals surface area contributed by atoms with Crippen molar-refractivity contribution in [1.82, 2.24) is 30.2 Å². The molecule has 0 fully saturated rings. The Labute approximate surface area is 141 Å². The highest BCUT2D eigenvalue weighted by molar-refractivity contribution is 5.96. The van der Waals surface area contributed by atoms with Crippen molar-refractivity contribution in [2.45, 2.75) is 13.0 Å². The molecule has 1 atom stereocenters. The highest BCUT2D eigenvalue weighted by Gasteiger charge is 2.20. The van der Waals surface area contributed by atoms with E-state index in [0.29, 0.717) is 5.69 Å². The molecule has 0 radical (unpaired) electrons. The van der Waals surface area contributed by atoms with Crippen molar-refractivity contribution in [3.05, 3.63) is 54.6 Å². The Morgan fingerprint density at radius 2 is 2.00 bits per heavy atom. The van der Waals surface area contributed by atoms with Gasteiger partial charge in [0.25, 0.3) is 5.91 Å². The first kappa shape index (κ1) is 16.2. The van der Waals surface area contributed by atoms with Gasteiger partial charge in [-0.2, -0.15) is 0 Å². The van der Waals surface area contributed by atoms with Gasteiger partial charge in [0.15, 0.2) is 6.10 Å². The summed E-state index contributed by atoms with van der Waals surface area (Å²) in [4.78, 5) is 32.0. The summed E-state index contributed by atoms with van der Waals surface area (Å²) in [6, 6.07) is 8.15. The predicted molar refractivity (Wildman–Crippen MR) is 84.7 cm³/mol. The van der Waals surface area contributed by atoms with Crippen molar-refractivity contribution in [2.24, 2.45) is 0 Å². The maximum absolute atomic E-state index is 12.2. The molecule has 126 valence electrons. The predicted octanol–water partition coefficient (Wildman–Crippen LogP) is 0.636. The molecule has 0 aliphatic rings. The molecule has 1 aromatic carbocycles. The minimum Gasteiger partial charge on any atom is -0.449 e. The lowest BCUT2D eigenvalue weighted by molar-refractivity contribution is -0.123. The normalized spacial score (nSPS) is 11.6. The van der Waals surface area contributed by atoms with Gasteiger partial charge in [-0.1, -0.05) is 6.07 Å². The van der Waals surface area contributed by atoms with Crippen molar-refractivity contribution in [3.8, 4) is 5.69 Å². The molecule has 25 heavy (non-hydrogen) atoms. The largest absolute Gasteiger partial charge is 0.449 e. The molecule has 2 heterocycles. The third kappa shape index (κ3) is 3.99. The van der Waals surface area contributed by atoms with Crippen molar-refractivity contribution in [2.75, 3.05) is 5.32 Å². The summed E-state index contributed by atoms with van der Waals surface area (Å²) in [5.74, 6) is -1.04. The van der Waals surface area contributed by atoms with Crippen molar-refractivity contribution in [3.63, 3.8) is 0 Å². The zero-order chi connectivity index (χ0) is 17.6. The molecule has 10 heteroatoms. The van der Waals surface area contributed by atoms with Crippen molar-refractivity contribution < 1.29 is 14.3 Å². The van der Waals surface area contributed by atoms with E-state index in [1.54, 1.807) is 30.3 Å². The molecule has 0 saturated carbocycles. The molecule has 0 saturated heterocycles. The maximum atomic E-state index is 12.2. The van der Waals surface area contributed by atoms with E-state index in [-0.39, 0.29) is 11.5 Å². The number of hydrogen-bond acceptors (Lipinski definition) is 8. The van der Waals surface area contributed by atoms with Gasteiger partial charge in [0, 0.05) is 12.4 Å². The number of hydrogen-bond donors (Lipinski definition) is 1. The van der Waals surface area contributed by atoms with E-state index >= 15 is 0 Å². The second kappa shape index (κ2) is 7.25. The number of anilines is 1. The Hall–Kier alpha value is -3.69. The zero-order valence-electron chi connectivity index (χ0n) is 13.1. The maximum Gasteiger partial charge on any atom is 0.338 e. The van der Waals surface area contributed by atoms with E-state index in [4.69, 9.17) is 4.74 Å². The van der Waals surface area contributed by atoms with Crippen LogP contribution in [0.1, 0.15) is 17.3 Å². The summed E-state index contributed by atoms with van der Waals surface area (Å²) in [5.41, 5.74) is 0.859. The zero-order valence-corrected chi connectivity index (χ0v) is 13.1. The fourth-order valence-electron chi connectivity index (χ4n) is 1.91. The average Bonchev–Trinajstić information content (AvgIpc) is 3.17. The van der Waals surface area contributed by atoms with Gasteiger partial charge in [-0.15, -0.1) is 5.10 Å². The Balaban J connectivity index is 1.65. The van der Waals surface area contributed by atoms with Crippen LogP contribution >= 0.6 is 0 Å². The van der Waals surface area contributed by atoms with Crippen LogP contribution < -0.4 is 5.32 Å². The molecule has 3 rings (SSSR count). The Morgan fingerprint density at radius 3 is 2.72 bits per heavy atom. The number of esters is 1. The topological polar surface area (TPSA) is 125 Å². The van der Waals surface area contributed by atoms with Crippen LogP contribution in [0.4, 0.5) is 5.95 Å². The van der Waals surface area contributed by atoms with E-state index < -0.39 is 18.0 Å². The molecule has 1 amide bonds. The number of benzene rings is 1. The van der Waals surface area contributed by atoms with Crippen LogP contribution in [0.5, 0.6) is 0 Å². The van der Waals surface area contributed by atoms with E-state index in [9.17, 15) is 9.59 Å². The quantitative estimate of drug-likeness (QED) is 0.671. The SMILES string of the molecule is CC(OC(=O)c1cccc(-n2cnnn2)c1)C(=O)Nc1ncccn1. The second-order valence-corrected chi connectivity index (χ2v) is 4.91. The number of nitrogens with zero attached hydrogens (tertiary/aromatic N) is 6. The van der Waals surface area contributed by atoms with Crippen LogP contribution in [0.25, 0.3) is 5.69 Å². The molecule has 0 aliphatic carbocycles. The fraction of sp³-hybridized carbons (Fsp3) is 0.133. The third-order valence-corrected chi connectivity index (χ3v) is 3.15. The second-order valence-electron chi connectivity index (χ2n) is 4.91.